The highest BCUT2D eigenvalue weighted by Gasteiger charge is 2.19. The average molecular weight is 463 g/mol. The number of guanidine groups is 1. The van der Waals surface area contributed by atoms with E-state index in [1.165, 1.54) is 0 Å². The first kappa shape index (κ1) is 20.9. The van der Waals surface area contributed by atoms with E-state index in [1.807, 2.05) is 6.92 Å². The second kappa shape index (κ2) is 9.36. The number of nitrogens with one attached hydrogen (secondary N) is 2. The number of halogens is 1. The molecule has 0 radical (unpaired) electrons. The van der Waals surface area contributed by atoms with Crippen LogP contribution in [0.3, 0.4) is 0 Å². The molecule has 0 bridgehead atoms. The molecule has 0 saturated heterocycles. The normalized spacial score (nSPS) is 12.0. The fraction of sp³-hybridized carbons (Fsp3) is 0.562. The smallest absolute Gasteiger partial charge is 0.213 e. The van der Waals surface area contributed by atoms with Crippen molar-refractivity contribution in [1.29, 1.82) is 0 Å². The van der Waals surface area contributed by atoms with Crippen molar-refractivity contribution in [2.24, 2.45) is 4.99 Å². The molecule has 2 aromatic heterocycles. The van der Waals surface area contributed by atoms with Gasteiger partial charge in [-0.1, -0.05) is 20.8 Å². The number of aromatic nitrogens is 2. The van der Waals surface area contributed by atoms with Crippen molar-refractivity contribution in [2.75, 3.05) is 13.6 Å². The van der Waals surface area contributed by atoms with Crippen LogP contribution in [0.15, 0.2) is 21.0 Å². The van der Waals surface area contributed by atoms with Crippen molar-refractivity contribution >= 4 is 41.3 Å². The Bertz CT molecular complexity index is 659. The van der Waals surface area contributed by atoms with Crippen LogP contribution in [0.4, 0.5) is 0 Å². The van der Waals surface area contributed by atoms with Crippen LogP contribution in [0.25, 0.3) is 0 Å². The Hall–Kier alpha value is -1.16. The lowest BCUT2D eigenvalue weighted by atomic mass is 9.94. The Morgan fingerprint density at radius 3 is 2.62 bits per heavy atom. The van der Waals surface area contributed by atoms with Crippen LogP contribution in [0, 0.1) is 6.92 Å². The highest BCUT2D eigenvalue weighted by Crippen LogP contribution is 2.22. The van der Waals surface area contributed by atoms with Crippen LogP contribution >= 0.6 is 35.3 Å². The van der Waals surface area contributed by atoms with Gasteiger partial charge in [-0.15, -0.1) is 35.3 Å². The largest absolute Gasteiger partial charge is 0.443 e. The highest BCUT2D eigenvalue weighted by atomic mass is 127. The summed E-state index contributed by atoms with van der Waals surface area (Å²) >= 11 is 1.68. The molecular weight excluding hydrogens is 437 g/mol. The molecule has 0 aliphatic rings. The maximum absolute atomic E-state index is 5.75. The van der Waals surface area contributed by atoms with Crippen LogP contribution in [-0.2, 0) is 18.4 Å². The van der Waals surface area contributed by atoms with Crippen LogP contribution in [0.2, 0.25) is 0 Å². The molecule has 0 atom stereocenters. The molecule has 134 valence electrons. The van der Waals surface area contributed by atoms with Gasteiger partial charge >= 0.3 is 0 Å². The third-order valence-electron chi connectivity index (χ3n) is 3.26. The molecule has 0 saturated carbocycles. The molecule has 2 N–H and O–H groups in total. The number of nitrogens with zero attached hydrogens (tertiary/aromatic N) is 3. The lowest BCUT2D eigenvalue weighted by molar-refractivity contribution is 0.379. The van der Waals surface area contributed by atoms with Gasteiger partial charge in [0, 0.05) is 30.8 Å². The van der Waals surface area contributed by atoms with E-state index < -0.39 is 0 Å². The molecule has 0 aliphatic heterocycles. The monoisotopic (exact) mass is 463 g/mol. The van der Waals surface area contributed by atoms with Crippen LogP contribution in [0.5, 0.6) is 0 Å². The quantitative estimate of drug-likeness (QED) is 0.405. The number of hydrogen-bond donors (Lipinski definition) is 2. The number of oxazole rings is 1. The van der Waals surface area contributed by atoms with Gasteiger partial charge in [-0.3, -0.25) is 4.99 Å². The summed E-state index contributed by atoms with van der Waals surface area (Å²) in [6.45, 7) is 9.61. The van der Waals surface area contributed by atoms with E-state index in [0.717, 1.165) is 35.4 Å². The molecule has 2 heterocycles. The molecule has 24 heavy (non-hydrogen) atoms. The van der Waals surface area contributed by atoms with Crippen molar-refractivity contribution in [1.82, 2.24) is 20.6 Å². The zero-order valence-corrected chi connectivity index (χ0v) is 18.0. The van der Waals surface area contributed by atoms with Crippen molar-refractivity contribution in [3.05, 3.63) is 33.9 Å². The lowest BCUT2D eigenvalue weighted by Crippen LogP contribution is -2.37. The van der Waals surface area contributed by atoms with Crippen molar-refractivity contribution in [2.45, 2.75) is 46.1 Å². The van der Waals surface area contributed by atoms with Gasteiger partial charge in [0.25, 0.3) is 0 Å². The van der Waals surface area contributed by atoms with Gasteiger partial charge in [0.1, 0.15) is 5.76 Å². The molecular formula is C16H26IN5OS. The number of aryl methyl sites for hydroxylation is 1. The third kappa shape index (κ3) is 6.39. The van der Waals surface area contributed by atoms with E-state index in [0.29, 0.717) is 12.4 Å². The maximum Gasteiger partial charge on any atom is 0.213 e. The fourth-order valence-electron chi connectivity index (χ4n) is 1.95. The van der Waals surface area contributed by atoms with Crippen molar-refractivity contribution in [3.8, 4) is 0 Å². The summed E-state index contributed by atoms with van der Waals surface area (Å²) in [6.07, 6.45) is 2.66. The van der Waals surface area contributed by atoms with Crippen LogP contribution in [0.1, 0.15) is 43.1 Å². The SMILES string of the molecule is CN=C(NCCc1csc(C)n1)NCc1ncc(C(C)(C)C)o1.I. The molecule has 0 aromatic carbocycles. The predicted octanol–water partition coefficient (Wildman–Crippen LogP) is 3.26. The van der Waals surface area contributed by atoms with E-state index in [1.54, 1.807) is 24.6 Å². The van der Waals surface area contributed by atoms with Crippen molar-refractivity contribution in [3.63, 3.8) is 0 Å². The highest BCUT2D eigenvalue weighted by molar-refractivity contribution is 14.0. The summed E-state index contributed by atoms with van der Waals surface area (Å²) in [7, 11) is 1.75. The molecule has 0 fully saturated rings. The summed E-state index contributed by atoms with van der Waals surface area (Å²) in [4.78, 5) is 12.9. The fourth-order valence-corrected chi connectivity index (χ4v) is 2.60. The Kier molecular flexibility index (Phi) is 8.14. The zero-order valence-electron chi connectivity index (χ0n) is 14.8. The average Bonchev–Trinajstić information content (AvgIpc) is 3.11. The number of rotatable bonds is 5. The lowest BCUT2D eigenvalue weighted by Gasteiger charge is -2.13. The van der Waals surface area contributed by atoms with Gasteiger partial charge in [-0.2, -0.15) is 0 Å². The number of thiazole rings is 1. The van der Waals surface area contributed by atoms with E-state index in [2.05, 4.69) is 51.7 Å². The Morgan fingerprint density at radius 2 is 2.08 bits per heavy atom. The van der Waals surface area contributed by atoms with Gasteiger partial charge in [-0.05, 0) is 6.92 Å². The minimum absolute atomic E-state index is 0. The van der Waals surface area contributed by atoms with Gasteiger partial charge < -0.3 is 15.1 Å². The second-order valence-electron chi connectivity index (χ2n) is 6.33. The Balaban J connectivity index is 0.00000288. The first-order valence-corrected chi connectivity index (χ1v) is 8.57. The van der Waals surface area contributed by atoms with E-state index in [4.69, 9.17) is 4.42 Å². The van der Waals surface area contributed by atoms with E-state index >= 15 is 0 Å². The summed E-state index contributed by atoms with van der Waals surface area (Å²) in [5.41, 5.74) is 1.08. The molecule has 8 heteroatoms. The Labute approximate surface area is 164 Å². The number of hydrogen-bond acceptors (Lipinski definition) is 5. The van der Waals surface area contributed by atoms with Gasteiger partial charge in [0.2, 0.25) is 5.89 Å². The maximum atomic E-state index is 5.75. The molecule has 2 rings (SSSR count). The van der Waals surface area contributed by atoms with Gasteiger partial charge in [-0.25, -0.2) is 9.97 Å². The van der Waals surface area contributed by atoms with E-state index in [9.17, 15) is 0 Å². The summed E-state index contributed by atoms with van der Waals surface area (Å²) < 4.78 is 5.75. The number of aliphatic imine (C=N–C) groups is 1. The summed E-state index contributed by atoms with van der Waals surface area (Å²) in [6, 6.07) is 0. The predicted molar refractivity (Wildman–Crippen MR) is 109 cm³/mol. The molecule has 0 spiro atoms. The molecule has 6 nitrogen and oxygen atoms in total. The standard InChI is InChI=1S/C16H25N5OS.HI/c1-11-21-12(10-23-11)6-7-18-15(17-5)20-9-14-19-8-13(22-14)16(2,3)4;/h8,10H,6-7,9H2,1-5H3,(H2,17,18,20);1H. The van der Waals surface area contributed by atoms with E-state index in [-0.39, 0.29) is 29.4 Å². The summed E-state index contributed by atoms with van der Waals surface area (Å²) in [5.74, 6) is 2.27. The third-order valence-corrected chi connectivity index (χ3v) is 4.09. The molecule has 2 aromatic rings. The van der Waals surface area contributed by atoms with Crippen LogP contribution in [-0.4, -0.2) is 29.5 Å². The van der Waals surface area contributed by atoms with Crippen molar-refractivity contribution < 1.29 is 4.42 Å². The molecule has 0 amide bonds. The molecule has 0 aliphatic carbocycles. The van der Waals surface area contributed by atoms with Gasteiger partial charge in [0.05, 0.1) is 23.4 Å². The first-order chi connectivity index (χ1) is 10.9. The van der Waals surface area contributed by atoms with Crippen LogP contribution < -0.4 is 10.6 Å². The minimum Gasteiger partial charge on any atom is -0.443 e. The topological polar surface area (TPSA) is 75.3 Å². The minimum atomic E-state index is -0.0309. The Morgan fingerprint density at radius 1 is 1.33 bits per heavy atom. The first-order valence-electron chi connectivity index (χ1n) is 7.69. The second-order valence-corrected chi connectivity index (χ2v) is 7.39. The van der Waals surface area contributed by atoms with Gasteiger partial charge in [0.15, 0.2) is 5.96 Å². The summed E-state index contributed by atoms with van der Waals surface area (Å²) in [5, 5.41) is 9.66. The zero-order chi connectivity index (χ0) is 16.9. The molecule has 0 unspecified atom stereocenters.